The minimum Gasteiger partial charge on any atom is -0.494 e. The van der Waals surface area contributed by atoms with Gasteiger partial charge in [0.2, 0.25) is 5.43 Å². The van der Waals surface area contributed by atoms with E-state index in [1.165, 1.54) is 11.5 Å². The molecule has 0 amide bonds. The summed E-state index contributed by atoms with van der Waals surface area (Å²) >= 11 is 1.22. The third kappa shape index (κ3) is 2.07. The Bertz CT molecular complexity index is 1270. The fourth-order valence-corrected chi connectivity index (χ4v) is 4.45. The molecule has 130 valence electrons. The maximum absolute atomic E-state index is 13.0. The predicted molar refractivity (Wildman–Crippen MR) is 102 cm³/mol. The summed E-state index contributed by atoms with van der Waals surface area (Å²) in [7, 11) is 1.61. The number of ether oxygens (including phenoxy) is 1. The highest BCUT2D eigenvalue weighted by molar-refractivity contribution is 7.12. The maximum Gasteiger partial charge on any atom is 0.271 e. The summed E-state index contributed by atoms with van der Waals surface area (Å²) in [5.41, 5.74) is 1.99. The lowest BCUT2D eigenvalue weighted by Gasteiger charge is -2.17. The molecule has 3 aromatic heterocycles. The second-order valence-electron chi connectivity index (χ2n) is 6.43. The summed E-state index contributed by atoms with van der Waals surface area (Å²) in [4.78, 5) is 30.1. The molecule has 6 nitrogen and oxygen atoms in total. The van der Waals surface area contributed by atoms with Gasteiger partial charge in [-0.05, 0) is 42.6 Å². The number of hydrogen-bond acceptors (Lipinski definition) is 5. The van der Waals surface area contributed by atoms with E-state index in [4.69, 9.17) is 4.74 Å². The van der Waals surface area contributed by atoms with Gasteiger partial charge in [0, 0.05) is 29.6 Å². The van der Waals surface area contributed by atoms with Crippen LogP contribution in [-0.2, 0) is 0 Å². The molecule has 26 heavy (non-hydrogen) atoms. The van der Waals surface area contributed by atoms with Crippen molar-refractivity contribution in [2.45, 2.75) is 18.9 Å². The molecule has 4 aromatic rings. The average molecular weight is 365 g/mol. The standard InChI is InChI=1S/C19H15N3O3S/c1-25-17-12(10-3-2-8-20-9-10)6-7-13-15(17)22(11-4-5-11)19-14(16(13)23)18(24)21-26-19/h2-3,6-9,11H,4-5H2,1H3,(H,21,24). The summed E-state index contributed by atoms with van der Waals surface area (Å²) in [5.74, 6) is 0.641. The number of hydrogen-bond donors (Lipinski definition) is 1. The average Bonchev–Trinajstić information content (AvgIpc) is 3.44. The number of aromatic nitrogens is 3. The van der Waals surface area contributed by atoms with E-state index in [0.29, 0.717) is 16.0 Å². The van der Waals surface area contributed by atoms with Crippen LogP contribution >= 0.6 is 11.5 Å². The third-order valence-electron chi connectivity index (χ3n) is 4.83. The number of benzene rings is 1. The van der Waals surface area contributed by atoms with Crippen molar-refractivity contribution in [3.63, 3.8) is 0 Å². The van der Waals surface area contributed by atoms with Gasteiger partial charge in [0.1, 0.15) is 10.2 Å². The minimum absolute atomic E-state index is 0.241. The third-order valence-corrected chi connectivity index (χ3v) is 5.71. The molecule has 3 heterocycles. The first-order valence-corrected chi connectivity index (χ1v) is 9.19. The molecule has 1 fully saturated rings. The zero-order chi connectivity index (χ0) is 17.8. The predicted octanol–water partition coefficient (Wildman–Crippen LogP) is 3.31. The highest BCUT2D eigenvalue weighted by Crippen LogP contribution is 2.44. The zero-order valence-electron chi connectivity index (χ0n) is 14.0. The largest absolute Gasteiger partial charge is 0.494 e. The summed E-state index contributed by atoms with van der Waals surface area (Å²) in [6, 6.07) is 7.77. The normalized spacial score (nSPS) is 14.2. The molecule has 0 aliphatic heterocycles. The molecular weight excluding hydrogens is 350 g/mol. The van der Waals surface area contributed by atoms with Gasteiger partial charge < -0.3 is 9.30 Å². The fourth-order valence-electron chi connectivity index (χ4n) is 3.53. The molecule has 0 spiro atoms. The molecule has 0 bridgehead atoms. The molecule has 1 N–H and O–H groups in total. The highest BCUT2D eigenvalue weighted by Gasteiger charge is 2.30. The number of fused-ring (bicyclic) bond motifs is 2. The molecule has 0 atom stereocenters. The summed E-state index contributed by atoms with van der Waals surface area (Å²) < 4.78 is 10.6. The van der Waals surface area contributed by atoms with Crippen LogP contribution in [-0.4, -0.2) is 21.0 Å². The van der Waals surface area contributed by atoms with Gasteiger partial charge >= 0.3 is 0 Å². The van der Waals surface area contributed by atoms with E-state index in [1.54, 1.807) is 25.6 Å². The Morgan fingerprint density at radius 1 is 1.27 bits per heavy atom. The minimum atomic E-state index is -0.318. The Morgan fingerprint density at radius 3 is 2.81 bits per heavy atom. The van der Waals surface area contributed by atoms with Crippen molar-refractivity contribution >= 4 is 32.7 Å². The maximum atomic E-state index is 13.0. The lowest BCUT2D eigenvalue weighted by molar-refractivity contribution is 0.419. The molecule has 1 saturated carbocycles. The number of methoxy groups -OCH3 is 1. The van der Waals surface area contributed by atoms with Crippen LogP contribution in [0.25, 0.3) is 32.2 Å². The summed E-state index contributed by atoms with van der Waals surface area (Å²) in [6.07, 6.45) is 5.55. The van der Waals surface area contributed by atoms with Gasteiger partial charge in [0.15, 0.2) is 5.75 Å². The summed E-state index contributed by atoms with van der Waals surface area (Å²) in [6.45, 7) is 0. The van der Waals surface area contributed by atoms with Crippen LogP contribution in [0.2, 0.25) is 0 Å². The van der Waals surface area contributed by atoms with E-state index in [2.05, 4.69) is 13.9 Å². The van der Waals surface area contributed by atoms with Gasteiger partial charge in [0.05, 0.1) is 18.0 Å². The van der Waals surface area contributed by atoms with Gasteiger partial charge in [0.25, 0.3) is 5.56 Å². The molecule has 0 radical (unpaired) electrons. The van der Waals surface area contributed by atoms with Gasteiger partial charge in [-0.15, -0.1) is 0 Å². The van der Waals surface area contributed by atoms with Crippen molar-refractivity contribution in [1.82, 2.24) is 13.9 Å². The molecule has 1 aromatic carbocycles. The molecule has 7 heteroatoms. The Labute approximate surface area is 151 Å². The van der Waals surface area contributed by atoms with Gasteiger partial charge in [-0.2, -0.15) is 0 Å². The van der Waals surface area contributed by atoms with Crippen LogP contribution in [0.1, 0.15) is 18.9 Å². The lowest BCUT2D eigenvalue weighted by atomic mass is 10.0. The van der Waals surface area contributed by atoms with Crippen LogP contribution in [0.4, 0.5) is 0 Å². The molecule has 1 aliphatic rings. The number of nitrogens with one attached hydrogen (secondary N) is 1. The van der Waals surface area contributed by atoms with Gasteiger partial charge in [-0.1, -0.05) is 6.07 Å². The SMILES string of the molecule is COc1c(-c2cccnc2)ccc2c(=O)c3c(=O)[nH]sc3n(C3CC3)c12. The number of nitrogens with zero attached hydrogens (tertiary/aromatic N) is 2. The van der Waals surface area contributed by atoms with Gasteiger partial charge in [-0.3, -0.25) is 18.9 Å². The van der Waals surface area contributed by atoms with Crippen molar-refractivity contribution < 1.29 is 4.74 Å². The number of H-pyrrole nitrogens is 1. The monoisotopic (exact) mass is 365 g/mol. The quantitative estimate of drug-likeness (QED) is 0.604. The van der Waals surface area contributed by atoms with Crippen LogP contribution in [0, 0.1) is 0 Å². The smallest absolute Gasteiger partial charge is 0.271 e. The van der Waals surface area contributed by atoms with Crippen LogP contribution in [0.3, 0.4) is 0 Å². The molecule has 0 saturated heterocycles. The molecule has 0 unspecified atom stereocenters. The van der Waals surface area contributed by atoms with Crippen molar-refractivity contribution in [3.05, 3.63) is 57.2 Å². The van der Waals surface area contributed by atoms with E-state index >= 15 is 0 Å². The zero-order valence-corrected chi connectivity index (χ0v) is 14.8. The molecule has 5 rings (SSSR count). The number of pyridine rings is 2. The second-order valence-corrected chi connectivity index (χ2v) is 7.22. The van der Waals surface area contributed by atoms with Crippen molar-refractivity contribution in [2.75, 3.05) is 7.11 Å². The van der Waals surface area contributed by atoms with E-state index < -0.39 is 0 Å². The van der Waals surface area contributed by atoms with Crippen LogP contribution in [0.5, 0.6) is 5.75 Å². The van der Waals surface area contributed by atoms with Crippen molar-refractivity contribution in [3.8, 4) is 16.9 Å². The molecule has 1 aliphatic carbocycles. The first kappa shape index (κ1) is 15.3. The Balaban J connectivity index is 2.00. The Morgan fingerprint density at radius 2 is 2.12 bits per heavy atom. The first-order valence-electron chi connectivity index (χ1n) is 8.37. The summed E-state index contributed by atoms with van der Waals surface area (Å²) in [5, 5.41) is 0.753. The Kier molecular flexibility index (Phi) is 3.27. The van der Waals surface area contributed by atoms with E-state index in [9.17, 15) is 9.59 Å². The lowest BCUT2D eigenvalue weighted by Crippen LogP contribution is -2.15. The first-order chi connectivity index (χ1) is 12.7. The molecular formula is C19H15N3O3S. The number of aromatic amines is 1. The van der Waals surface area contributed by atoms with E-state index in [1.807, 2.05) is 18.2 Å². The highest BCUT2D eigenvalue weighted by atomic mass is 32.1. The van der Waals surface area contributed by atoms with E-state index in [-0.39, 0.29) is 22.4 Å². The van der Waals surface area contributed by atoms with Crippen molar-refractivity contribution in [2.24, 2.45) is 0 Å². The Hall–Kier alpha value is -2.93. The van der Waals surface area contributed by atoms with Crippen LogP contribution in [0.15, 0.2) is 46.2 Å². The van der Waals surface area contributed by atoms with Crippen molar-refractivity contribution in [1.29, 1.82) is 0 Å². The fraction of sp³-hybridized carbons (Fsp3) is 0.211. The topological polar surface area (TPSA) is 77.0 Å². The van der Waals surface area contributed by atoms with Gasteiger partial charge in [-0.25, -0.2) is 0 Å². The van der Waals surface area contributed by atoms with E-state index in [0.717, 1.165) is 29.5 Å². The van der Waals surface area contributed by atoms with Crippen LogP contribution < -0.4 is 15.7 Å². The second kappa shape index (κ2) is 5.54. The number of rotatable bonds is 3.